The highest BCUT2D eigenvalue weighted by Gasteiger charge is 2.32. The van der Waals surface area contributed by atoms with Crippen molar-refractivity contribution in [3.63, 3.8) is 0 Å². The number of likely N-dealkylation sites (tertiary alicyclic amines) is 2. The summed E-state index contributed by atoms with van der Waals surface area (Å²) >= 11 is 0. The first-order valence-corrected chi connectivity index (χ1v) is 11.7. The van der Waals surface area contributed by atoms with Gasteiger partial charge in [-0.3, -0.25) is 19.7 Å². The Kier molecular flexibility index (Phi) is 6.89. The van der Waals surface area contributed by atoms with Crippen LogP contribution < -0.4 is 10.6 Å². The molecule has 0 spiro atoms. The predicted molar refractivity (Wildman–Crippen MR) is 123 cm³/mol. The Morgan fingerprint density at radius 1 is 1.09 bits per heavy atom. The van der Waals surface area contributed by atoms with Gasteiger partial charge in [0, 0.05) is 43.9 Å². The van der Waals surface area contributed by atoms with Gasteiger partial charge in [-0.15, -0.1) is 0 Å². The highest BCUT2D eigenvalue weighted by molar-refractivity contribution is 6.17. The lowest BCUT2D eigenvalue weighted by Gasteiger charge is -2.41. The van der Waals surface area contributed by atoms with Crippen molar-refractivity contribution < 1.29 is 14.4 Å². The van der Waals surface area contributed by atoms with Gasteiger partial charge in [-0.25, -0.2) is 0 Å². The fraction of sp³-hybridized carbons (Fsp3) is 0.583. The van der Waals surface area contributed by atoms with Crippen LogP contribution in [0, 0.1) is 11.3 Å². The molecule has 3 aliphatic heterocycles. The average molecular weight is 440 g/mol. The van der Waals surface area contributed by atoms with Gasteiger partial charge in [0.2, 0.25) is 18.2 Å². The van der Waals surface area contributed by atoms with Crippen LogP contribution in [-0.4, -0.2) is 73.0 Å². The molecule has 3 heterocycles. The third kappa shape index (κ3) is 4.70. The maximum atomic E-state index is 12.2. The number of hydrogen-bond donors (Lipinski definition) is 3. The number of nitrogens with one attached hydrogen (secondary N) is 3. The summed E-state index contributed by atoms with van der Waals surface area (Å²) in [5.74, 6) is -0.737. The van der Waals surface area contributed by atoms with Crippen LogP contribution in [0.3, 0.4) is 0 Å². The maximum absolute atomic E-state index is 12.2. The molecule has 0 bridgehead atoms. The molecule has 3 aliphatic rings. The summed E-state index contributed by atoms with van der Waals surface area (Å²) in [5.41, 5.74) is 3.12. The third-order valence-electron chi connectivity index (χ3n) is 7.36. The first-order chi connectivity index (χ1) is 15.5. The van der Waals surface area contributed by atoms with Gasteiger partial charge in [0.15, 0.2) is 0 Å². The second-order valence-electron chi connectivity index (χ2n) is 9.16. The van der Waals surface area contributed by atoms with Crippen LogP contribution in [0.2, 0.25) is 0 Å². The first kappa shape index (κ1) is 22.5. The Hall–Kier alpha value is -2.74. The van der Waals surface area contributed by atoms with Crippen LogP contribution in [0.4, 0.5) is 5.69 Å². The molecule has 3 N–H and O–H groups in total. The van der Waals surface area contributed by atoms with Crippen molar-refractivity contribution in [1.29, 1.82) is 5.41 Å². The van der Waals surface area contributed by atoms with Gasteiger partial charge < -0.3 is 20.5 Å². The Balaban J connectivity index is 1.39. The van der Waals surface area contributed by atoms with Crippen molar-refractivity contribution in [2.75, 3.05) is 38.5 Å². The first-order valence-electron chi connectivity index (χ1n) is 11.7. The van der Waals surface area contributed by atoms with E-state index in [4.69, 9.17) is 5.41 Å². The summed E-state index contributed by atoms with van der Waals surface area (Å²) in [6.07, 6.45) is 5.94. The molecule has 8 nitrogen and oxygen atoms in total. The summed E-state index contributed by atoms with van der Waals surface area (Å²) in [4.78, 5) is 39.1. The van der Waals surface area contributed by atoms with E-state index in [1.165, 1.54) is 5.56 Å². The number of benzene rings is 1. The quantitative estimate of drug-likeness (QED) is 0.357. The lowest BCUT2D eigenvalue weighted by Crippen LogP contribution is -2.47. The highest BCUT2D eigenvalue weighted by atomic mass is 16.2. The van der Waals surface area contributed by atoms with Gasteiger partial charge in [0.05, 0.1) is 11.6 Å². The number of rotatable bonds is 6. The fourth-order valence-electron chi connectivity index (χ4n) is 5.37. The van der Waals surface area contributed by atoms with Gasteiger partial charge in [0.25, 0.3) is 0 Å². The molecule has 0 saturated carbocycles. The molecule has 1 unspecified atom stereocenters. The minimum absolute atomic E-state index is 0.260. The van der Waals surface area contributed by atoms with Gasteiger partial charge in [-0.1, -0.05) is 12.1 Å². The number of anilines is 1. The van der Waals surface area contributed by atoms with Crippen LogP contribution >= 0.6 is 0 Å². The summed E-state index contributed by atoms with van der Waals surface area (Å²) in [6.45, 7) is 3.86. The third-order valence-corrected chi connectivity index (χ3v) is 7.36. The second-order valence-corrected chi connectivity index (χ2v) is 9.16. The minimum Gasteiger partial charge on any atom is -0.388 e. The van der Waals surface area contributed by atoms with Crippen LogP contribution in [0.5, 0.6) is 0 Å². The van der Waals surface area contributed by atoms with E-state index in [0.717, 1.165) is 69.5 Å². The molecule has 32 heavy (non-hydrogen) atoms. The molecule has 8 heteroatoms. The summed E-state index contributed by atoms with van der Waals surface area (Å²) in [7, 11) is 1.84. The van der Waals surface area contributed by atoms with Gasteiger partial charge in [-0.2, -0.15) is 0 Å². The van der Waals surface area contributed by atoms with E-state index in [0.29, 0.717) is 18.4 Å². The number of carbonyl (C=O) groups is 3. The zero-order valence-corrected chi connectivity index (χ0v) is 18.7. The zero-order chi connectivity index (χ0) is 22.7. The number of hydrogen-bond acceptors (Lipinski definition) is 6. The number of piperidine rings is 3. The molecule has 0 aliphatic carbocycles. The van der Waals surface area contributed by atoms with Gasteiger partial charge in [-0.05, 0) is 62.7 Å². The van der Waals surface area contributed by atoms with E-state index in [1.54, 1.807) is 0 Å². The van der Waals surface area contributed by atoms with E-state index in [-0.39, 0.29) is 23.9 Å². The van der Waals surface area contributed by atoms with Crippen LogP contribution in [0.1, 0.15) is 55.6 Å². The Morgan fingerprint density at radius 2 is 1.81 bits per heavy atom. The Bertz CT molecular complexity index is 886. The van der Waals surface area contributed by atoms with Crippen molar-refractivity contribution in [3.8, 4) is 0 Å². The number of imide groups is 1. The number of amides is 3. The van der Waals surface area contributed by atoms with E-state index in [1.807, 2.05) is 18.0 Å². The average Bonchev–Trinajstić information content (AvgIpc) is 2.83. The summed E-state index contributed by atoms with van der Waals surface area (Å²) in [6, 6.07) is 6.75. The second kappa shape index (κ2) is 9.81. The molecule has 172 valence electrons. The SMILES string of the molecule is CNc1cc(C2CCN(C3CCN(C=O)CC3)CC2)ccc1C(=N)C1CCC(=O)NC1=O. The largest absolute Gasteiger partial charge is 0.388 e. The monoisotopic (exact) mass is 439 g/mol. The minimum atomic E-state index is -0.584. The topological polar surface area (TPSA) is 106 Å². The van der Waals surface area contributed by atoms with Crippen molar-refractivity contribution in [2.45, 2.75) is 50.5 Å². The molecule has 1 atom stereocenters. The van der Waals surface area contributed by atoms with E-state index in [9.17, 15) is 14.4 Å². The van der Waals surface area contributed by atoms with Crippen molar-refractivity contribution in [1.82, 2.24) is 15.1 Å². The lowest BCUT2D eigenvalue weighted by molar-refractivity contribution is -0.134. The lowest BCUT2D eigenvalue weighted by atomic mass is 9.84. The standard InChI is InChI=1S/C24H33N5O3/c1-26-21-14-17(2-3-19(21)23(25)20-4-5-22(31)27-24(20)32)16-6-12-29(13-7-16)18-8-10-28(15-30)11-9-18/h2-3,14-16,18,20,25-26H,4-13H2,1H3,(H,27,31,32). The van der Waals surface area contributed by atoms with E-state index >= 15 is 0 Å². The Labute approximate surface area is 189 Å². The molecule has 3 amide bonds. The normalized spacial score (nSPS) is 23.7. The van der Waals surface area contributed by atoms with Gasteiger partial charge in [0.1, 0.15) is 0 Å². The van der Waals surface area contributed by atoms with Crippen LogP contribution in [0.15, 0.2) is 18.2 Å². The summed E-state index contributed by atoms with van der Waals surface area (Å²) < 4.78 is 0. The number of carbonyl (C=O) groups excluding carboxylic acids is 3. The van der Waals surface area contributed by atoms with Crippen LogP contribution in [0.25, 0.3) is 0 Å². The van der Waals surface area contributed by atoms with E-state index < -0.39 is 5.92 Å². The van der Waals surface area contributed by atoms with Crippen molar-refractivity contribution in [2.24, 2.45) is 5.92 Å². The zero-order valence-electron chi connectivity index (χ0n) is 18.7. The molecular formula is C24H33N5O3. The van der Waals surface area contributed by atoms with Crippen molar-refractivity contribution >= 4 is 29.6 Å². The summed E-state index contributed by atoms with van der Waals surface area (Å²) in [5, 5.41) is 14.2. The fourth-order valence-corrected chi connectivity index (χ4v) is 5.37. The molecule has 3 fully saturated rings. The van der Waals surface area contributed by atoms with Gasteiger partial charge >= 0.3 is 0 Å². The predicted octanol–water partition coefficient (Wildman–Crippen LogP) is 1.95. The Morgan fingerprint density at radius 3 is 2.44 bits per heavy atom. The molecule has 1 aromatic carbocycles. The molecule has 1 aromatic rings. The molecule has 0 aromatic heterocycles. The maximum Gasteiger partial charge on any atom is 0.235 e. The van der Waals surface area contributed by atoms with Crippen molar-refractivity contribution in [3.05, 3.63) is 29.3 Å². The van der Waals surface area contributed by atoms with E-state index in [2.05, 4.69) is 27.7 Å². The number of nitrogens with zero attached hydrogens (tertiary/aromatic N) is 2. The molecule has 4 rings (SSSR count). The van der Waals surface area contributed by atoms with Crippen LogP contribution in [-0.2, 0) is 14.4 Å². The molecule has 0 radical (unpaired) electrons. The molecular weight excluding hydrogens is 406 g/mol. The molecule has 3 saturated heterocycles. The smallest absolute Gasteiger partial charge is 0.235 e. The highest BCUT2D eigenvalue weighted by Crippen LogP contribution is 2.33.